The molecule has 1 aromatic carbocycles. The zero-order valence-electron chi connectivity index (χ0n) is 15.4. The van der Waals surface area contributed by atoms with Crippen LogP contribution in [0.1, 0.15) is 38.4 Å². The Morgan fingerprint density at radius 3 is 2.33 bits per heavy atom. The lowest BCUT2D eigenvalue weighted by molar-refractivity contribution is -0.161. The molecule has 144 valence electrons. The Labute approximate surface area is 157 Å². The summed E-state index contributed by atoms with van der Waals surface area (Å²) >= 11 is 0. The average Bonchev–Trinajstić information content (AvgIpc) is 3.23. The molecule has 2 saturated heterocycles. The number of imide groups is 1. The van der Waals surface area contributed by atoms with Crippen LogP contribution in [-0.2, 0) is 19.1 Å². The van der Waals surface area contributed by atoms with E-state index in [1.165, 1.54) is 0 Å². The zero-order chi connectivity index (χ0) is 19.6. The van der Waals surface area contributed by atoms with Crippen molar-refractivity contribution in [2.75, 3.05) is 19.6 Å². The maximum atomic E-state index is 12.8. The van der Waals surface area contributed by atoms with Gasteiger partial charge < -0.3 is 15.0 Å². The Hall–Kier alpha value is -2.90. The van der Waals surface area contributed by atoms with Crippen molar-refractivity contribution in [1.82, 2.24) is 15.1 Å². The molecule has 8 nitrogen and oxygen atoms in total. The van der Waals surface area contributed by atoms with Crippen molar-refractivity contribution >= 4 is 23.8 Å². The van der Waals surface area contributed by atoms with Gasteiger partial charge in [-0.05, 0) is 26.7 Å². The van der Waals surface area contributed by atoms with Crippen LogP contribution in [0.3, 0.4) is 0 Å². The lowest BCUT2D eigenvalue weighted by Gasteiger charge is -2.24. The standard InChI is InChI=1S/C19H23N3O5/c1-19(2)17(25)22(18(26)20-19)12-14(23)27-15(13-8-4-3-5-9-13)16(24)21-10-6-7-11-21/h3-5,8-9,15H,6-7,10-12H2,1-2H3,(H,20,26)/t15-/m0/s1. The summed E-state index contributed by atoms with van der Waals surface area (Å²) in [7, 11) is 0. The third kappa shape index (κ3) is 3.94. The smallest absolute Gasteiger partial charge is 0.327 e. The molecule has 4 amide bonds. The summed E-state index contributed by atoms with van der Waals surface area (Å²) in [4.78, 5) is 51.9. The fourth-order valence-electron chi connectivity index (χ4n) is 3.25. The van der Waals surface area contributed by atoms with Crippen molar-refractivity contribution in [3.8, 4) is 0 Å². The Morgan fingerprint density at radius 1 is 1.15 bits per heavy atom. The van der Waals surface area contributed by atoms with Crippen molar-refractivity contribution in [3.05, 3.63) is 35.9 Å². The number of likely N-dealkylation sites (tertiary alicyclic amines) is 1. The number of nitrogens with zero attached hydrogens (tertiary/aromatic N) is 2. The molecule has 2 aliphatic rings. The molecule has 0 radical (unpaired) electrons. The first-order valence-electron chi connectivity index (χ1n) is 8.97. The predicted molar refractivity (Wildman–Crippen MR) is 95.4 cm³/mol. The minimum Gasteiger partial charge on any atom is -0.446 e. The number of urea groups is 1. The average molecular weight is 373 g/mol. The molecule has 0 bridgehead atoms. The molecular weight excluding hydrogens is 350 g/mol. The Bertz CT molecular complexity index is 756. The number of esters is 1. The zero-order valence-corrected chi connectivity index (χ0v) is 15.4. The van der Waals surface area contributed by atoms with Crippen LogP contribution in [0.15, 0.2) is 30.3 Å². The summed E-state index contributed by atoms with van der Waals surface area (Å²) < 4.78 is 5.43. The molecule has 2 aliphatic heterocycles. The molecule has 0 aliphatic carbocycles. The summed E-state index contributed by atoms with van der Waals surface area (Å²) in [5.41, 5.74) is -0.512. The van der Waals surface area contributed by atoms with Crippen LogP contribution in [0.2, 0.25) is 0 Å². The molecule has 1 atom stereocenters. The number of hydrogen-bond donors (Lipinski definition) is 1. The highest BCUT2D eigenvalue weighted by molar-refractivity contribution is 6.08. The highest BCUT2D eigenvalue weighted by atomic mass is 16.5. The van der Waals surface area contributed by atoms with E-state index in [0.717, 1.165) is 17.7 Å². The van der Waals surface area contributed by atoms with Crippen LogP contribution >= 0.6 is 0 Å². The van der Waals surface area contributed by atoms with Gasteiger partial charge in [0.25, 0.3) is 11.8 Å². The van der Waals surface area contributed by atoms with Crippen molar-refractivity contribution in [3.63, 3.8) is 0 Å². The van der Waals surface area contributed by atoms with E-state index < -0.39 is 36.1 Å². The molecule has 3 rings (SSSR count). The molecule has 2 heterocycles. The van der Waals surface area contributed by atoms with Gasteiger partial charge in [0.2, 0.25) is 6.10 Å². The first-order valence-corrected chi connectivity index (χ1v) is 8.97. The second-order valence-electron chi connectivity index (χ2n) is 7.26. The van der Waals surface area contributed by atoms with Gasteiger partial charge in [-0.15, -0.1) is 0 Å². The third-order valence-corrected chi connectivity index (χ3v) is 4.73. The molecule has 0 spiro atoms. The van der Waals surface area contributed by atoms with Crippen molar-refractivity contribution in [1.29, 1.82) is 0 Å². The summed E-state index contributed by atoms with van der Waals surface area (Å²) in [6, 6.07) is 8.09. The van der Waals surface area contributed by atoms with Gasteiger partial charge >= 0.3 is 12.0 Å². The quantitative estimate of drug-likeness (QED) is 0.618. The number of rotatable bonds is 5. The van der Waals surface area contributed by atoms with Crippen LogP contribution in [0.4, 0.5) is 4.79 Å². The molecule has 2 fully saturated rings. The lowest BCUT2D eigenvalue weighted by atomic mass is 10.1. The van der Waals surface area contributed by atoms with Crippen LogP contribution in [0, 0.1) is 0 Å². The number of carbonyl (C=O) groups is 4. The minimum absolute atomic E-state index is 0.287. The number of nitrogens with one attached hydrogen (secondary N) is 1. The number of carbonyl (C=O) groups excluding carboxylic acids is 4. The van der Waals surface area contributed by atoms with Gasteiger partial charge in [0.05, 0.1) is 0 Å². The molecule has 27 heavy (non-hydrogen) atoms. The van der Waals surface area contributed by atoms with Crippen LogP contribution < -0.4 is 5.32 Å². The normalized spacial score (nSPS) is 19.8. The molecule has 0 saturated carbocycles. The SMILES string of the molecule is CC1(C)NC(=O)N(CC(=O)O[C@H](C(=O)N2CCCC2)c2ccccc2)C1=O. The van der Waals surface area contributed by atoms with Gasteiger partial charge in [0, 0.05) is 18.7 Å². The largest absolute Gasteiger partial charge is 0.446 e. The number of benzene rings is 1. The van der Waals surface area contributed by atoms with Crippen molar-refractivity contribution in [2.24, 2.45) is 0 Å². The van der Waals surface area contributed by atoms with Gasteiger partial charge in [-0.25, -0.2) is 4.79 Å². The summed E-state index contributed by atoms with van der Waals surface area (Å²) in [6.45, 7) is 3.83. The van der Waals surface area contributed by atoms with E-state index >= 15 is 0 Å². The van der Waals surface area contributed by atoms with Gasteiger partial charge in [0.15, 0.2) is 0 Å². The summed E-state index contributed by atoms with van der Waals surface area (Å²) in [5, 5.41) is 2.51. The maximum absolute atomic E-state index is 12.8. The fourth-order valence-corrected chi connectivity index (χ4v) is 3.25. The molecule has 1 aromatic rings. The van der Waals surface area contributed by atoms with Gasteiger partial charge in [-0.1, -0.05) is 30.3 Å². The van der Waals surface area contributed by atoms with Crippen molar-refractivity contribution in [2.45, 2.75) is 38.3 Å². The Kier molecular flexibility index (Phi) is 5.16. The van der Waals surface area contributed by atoms with E-state index in [1.807, 2.05) is 0 Å². The van der Waals surface area contributed by atoms with E-state index in [-0.39, 0.29) is 5.91 Å². The third-order valence-electron chi connectivity index (χ3n) is 4.73. The molecule has 0 aromatic heterocycles. The van der Waals surface area contributed by atoms with E-state index in [0.29, 0.717) is 18.7 Å². The highest BCUT2D eigenvalue weighted by Crippen LogP contribution is 2.24. The van der Waals surface area contributed by atoms with E-state index in [4.69, 9.17) is 4.74 Å². The number of amides is 4. The summed E-state index contributed by atoms with van der Waals surface area (Å²) in [6.07, 6.45) is 0.739. The minimum atomic E-state index is -1.09. The Morgan fingerprint density at radius 2 is 1.78 bits per heavy atom. The van der Waals surface area contributed by atoms with Gasteiger partial charge in [-0.3, -0.25) is 19.3 Å². The van der Waals surface area contributed by atoms with Crippen molar-refractivity contribution < 1.29 is 23.9 Å². The highest BCUT2D eigenvalue weighted by Gasteiger charge is 2.45. The predicted octanol–water partition coefficient (Wildman–Crippen LogP) is 1.22. The monoisotopic (exact) mass is 373 g/mol. The fraction of sp³-hybridized carbons (Fsp3) is 0.474. The van der Waals surface area contributed by atoms with Crippen LogP contribution in [0.25, 0.3) is 0 Å². The lowest BCUT2D eigenvalue weighted by Crippen LogP contribution is -2.42. The number of hydrogen-bond acceptors (Lipinski definition) is 5. The van der Waals surface area contributed by atoms with E-state index in [1.54, 1.807) is 49.1 Å². The second kappa shape index (κ2) is 7.38. The maximum Gasteiger partial charge on any atom is 0.327 e. The van der Waals surface area contributed by atoms with Crippen LogP contribution in [-0.4, -0.2) is 58.8 Å². The molecule has 1 N–H and O–H groups in total. The first-order chi connectivity index (χ1) is 12.8. The molecule has 0 unspecified atom stereocenters. The van der Waals surface area contributed by atoms with Crippen LogP contribution in [0.5, 0.6) is 0 Å². The molecular formula is C19H23N3O5. The van der Waals surface area contributed by atoms with E-state index in [9.17, 15) is 19.2 Å². The molecule has 8 heteroatoms. The van der Waals surface area contributed by atoms with Gasteiger partial charge in [0.1, 0.15) is 12.1 Å². The topological polar surface area (TPSA) is 96.0 Å². The first kappa shape index (κ1) is 18.9. The second-order valence-corrected chi connectivity index (χ2v) is 7.26. The summed E-state index contributed by atoms with van der Waals surface area (Å²) in [5.74, 6) is -1.60. The Balaban J connectivity index is 1.74. The number of ether oxygens (including phenoxy) is 1. The van der Waals surface area contributed by atoms with E-state index in [2.05, 4.69) is 5.32 Å². The van der Waals surface area contributed by atoms with Gasteiger partial charge in [-0.2, -0.15) is 0 Å².